The molecule has 136 valence electrons. The van der Waals surface area contributed by atoms with Crippen LogP contribution >= 0.6 is 12.6 Å². The van der Waals surface area contributed by atoms with Crippen molar-refractivity contribution >= 4 is 12.6 Å². The lowest BCUT2D eigenvalue weighted by Crippen LogP contribution is -2.64. The number of hydrogen-bond donors (Lipinski definition) is 7. The summed E-state index contributed by atoms with van der Waals surface area (Å²) >= 11 is 3.99. The quantitative estimate of drug-likeness (QED) is 0.256. The van der Waals surface area contributed by atoms with Gasteiger partial charge in [0.25, 0.3) is 0 Å². The summed E-state index contributed by atoms with van der Waals surface area (Å²) in [6.45, 7) is 1.05. The molecule has 0 amide bonds. The van der Waals surface area contributed by atoms with E-state index in [1.807, 2.05) is 0 Å². The van der Waals surface area contributed by atoms with Crippen molar-refractivity contribution in [3.05, 3.63) is 0 Å². The molecule has 6 N–H and O–H groups in total. The highest BCUT2D eigenvalue weighted by Crippen LogP contribution is 2.29. The summed E-state index contributed by atoms with van der Waals surface area (Å²) in [5.41, 5.74) is 0. The summed E-state index contributed by atoms with van der Waals surface area (Å²) in [6.07, 6.45) is -12.2. The summed E-state index contributed by atoms with van der Waals surface area (Å²) in [5, 5.41) is 59.0. The molecule has 2 heterocycles. The highest BCUT2D eigenvalue weighted by atomic mass is 32.1. The van der Waals surface area contributed by atoms with Crippen molar-refractivity contribution in [2.75, 3.05) is 12.4 Å². The van der Waals surface area contributed by atoms with Crippen LogP contribution in [-0.2, 0) is 14.2 Å². The Kier molecular flexibility index (Phi) is 6.65. The van der Waals surface area contributed by atoms with Gasteiger partial charge >= 0.3 is 0 Å². The Hall–Kier alpha value is -0.0100. The Labute approximate surface area is 138 Å². The molecular weight excluding hydrogens is 332 g/mol. The zero-order valence-corrected chi connectivity index (χ0v) is 13.4. The number of thiol groups is 1. The predicted molar refractivity (Wildman–Crippen MR) is 78.8 cm³/mol. The van der Waals surface area contributed by atoms with Crippen molar-refractivity contribution in [2.45, 2.75) is 68.1 Å². The van der Waals surface area contributed by atoms with Crippen molar-refractivity contribution in [1.82, 2.24) is 0 Å². The molecule has 0 aromatic heterocycles. The molecule has 0 radical (unpaired) electrons. The normalized spacial score (nSPS) is 51.7. The average Bonchev–Trinajstić information content (AvgIpc) is 2.55. The molecule has 23 heavy (non-hydrogen) atoms. The van der Waals surface area contributed by atoms with Gasteiger partial charge in [-0.2, -0.15) is 12.6 Å². The second-order valence-electron chi connectivity index (χ2n) is 5.84. The van der Waals surface area contributed by atoms with Gasteiger partial charge < -0.3 is 44.8 Å². The third-order valence-electron chi connectivity index (χ3n) is 4.24. The summed E-state index contributed by atoms with van der Waals surface area (Å²) in [4.78, 5) is 0. The van der Waals surface area contributed by atoms with Gasteiger partial charge in [0.1, 0.15) is 42.7 Å². The molecule has 0 aromatic carbocycles. The van der Waals surface area contributed by atoms with E-state index in [1.165, 1.54) is 6.92 Å². The lowest BCUT2D eigenvalue weighted by atomic mass is 9.95. The van der Waals surface area contributed by atoms with Crippen molar-refractivity contribution in [1.29, 1.82) is 0 Å². The number of aliphatic hydroxyl groups is 6. The van der Waals surface area contributed by atoms with Gasteiger partial charge in [-0.15, -0.1) is 0 Å². The van der Waals surface area contributed by atoms with E-state index in [1.54, 1.807) is 0 Å². The van der Waals surface area contributed by atoms with Crippen molar-refractivity contribution < 1.29 is 44.8 Å². The molecule has 0 bridgehead atoms. The van der Waals surface area contributed by atoms with Crippen LogP contribution in [0.2, 0.25) is 0 Å². The Balaban J connectivity index is 2.11. The molecule has 10 atom stereocenters. The minimum absolute atomic E-state index is 0.0671. The number of hydrogen-bond acceptors (Lipinski definition) is 10. The van der Waals surface area contributed by atoms with Crippen LogP contribution in [0.15, 0.2) is 0 Å². The van der Waals surface area contributed by atoms with E-state index in [4.69, 9.17) is 14.2 Å². The molecule has 2 fully saturated rings. The third-order valence-corrected chi connectivity index (χ3v) is 4.60. The molecule has 2 rings (SSSR count). The first kappa shape index (κ1) is 19.3. The standard InChI is InChI=1S/C13H24O9S/c1-4-7(15)10(18)12(5(2-14)20-4)22-13-11(19)9(17)8(16)6(3-23)21-13/h4-19,23H,2-3H2,1H3/t4-,5?,6?,7?,8+,9-,10+,11?,12+,13-/m0/s1. The van der Waals surface area contributed by atoms with Crippen LogP contribution in [0.5, 0.6) is 0 Å². The monoisotopic (exact) mass is 356 g/mol. The number of rotatable bonds is 4. The van der Waals surface area contributed by atoms with Gasteiger partial charge in [-0.25, -0.2) is 0 Å². The van der Waals surface area contributed by atoms with E-state index in [9.17, 15) is 30.6 Å². The van der Waals surface area contributed by atoms with E-state index in [0.717, 1.165) is 0 Å². The fourth-order valence-electron chi connectivity index (χ4n) is 2.78. The lowest BCUT2D eigenvalue weighted by molar-refractivity contribution is -0.336. The highest BCUT2D eigenvalue weighted by Gasteiger charge is 2.49. The first-order chi connectivity index (χ1) is 10.8. The van der Waals surface area contributed by atoms with Crippen LogP contribution in [0.25, 0.3) is 0 Å². The van der Waals surface area contributed by atoms with Crippen LogP contribution < -0.4 is 0 Å². The molecule has 0 aliphatic carbocycles. The molecule has 2 saturated heterocycles. The molecule has 2 aliphatic heterocycles. The third kappa shape index (κ3) is 3.82. The van der Waals surface area contributed by atoms with Gasteiger partial charge in [-0.05, 0) is 6.92 Å². The molecule has 0 spiro atoms. The Bertz CT molecular complexity index is 382. The summed E-state index contributed by atoms with van der Waals surface area (Å²) in [7, 11) is 0. The van der Waals surface area contributed by atoms with Crippen LogP contribution in [0.1, 0.15) is 6.92 Å². The fourth-order valence-corrected chi connectivity index (χ4v) is 3.08. The topological polar surface area (TPSA) is 149 Å². The first-order valence-corrected chi connectivity index (χ1v) is 8.03. The molecule has 0 aromatic rings. The van der Waals surface area contributed by atoms with Crippen LogP contribution in [0, 0.1) is 0 Å². The lowest BCUT2D eigenvalue weighted by Gasteiger charge is -2.45. The largest absolute Gasteiger partial charge is 0.394 e. The molecule has 4 unspecified atom stereocenters. The Morgan fingerprint density at radius 2 is 1.52 bits per heavy atom. The first-order valence-electron chi connectivity index (χ1n) is 7.40. The Morgan fingerprint density at radius 1 is 0.870 bits per heavy atom. The fraction of sp³-hybridized carbons (Fsp3) is 1.00. The second kappa shape index (κ2) is 7.91. The maximum atomic E-state index is 10.1. The maximum absolute atomic E-state index is 10.1. The van der Waals surface area contributed by atoms with Crippen molar-refractivity contribution in [3.63, 3.8) is 0 Å². The van der Waals surface area contributed by atoms with E-state index in [0.29, 0.717) is 0 Å². The average molecular weight is 356 g/mol. The molecule has 0 saturated carbocycles. The molecular formula is C13H24O9S. The van der Waals surface area contributed by atoms with Crippen molar-refractivity contribution in [2.24, 2.45) is 0 Å². The smallest absolute Gasteiger partial charge is 0.187 e. The van der Waals surface area contributed by atoms with Crippen LogP contribution in [0.3, 0.4) is 0 Å². The summed E-state index contributed by atoms with van der Waals surface area (Å²) in [5.74, 6) is 0.0671. The van der Waals surface area contributed by atoms with Gasteiger partial charge in [-0.1, -0.05) is 0 Å². The van der Waals surface area contributed by atoms with Gasteiger partial charge in [0.15, 0.2) is 6.29 Å². The molecule has 10 heteroatoms. The van der Waals surface area contributed by atoms with Gasteiger partial charge in [-0.3, -0.25) is 0 Å². The molecule has 2 aliphatic rings. The predicted octanol–water partition coefficient (Wildman–Crippen LogP) is -3.39. The van der Waals surface area contributed by atoms with Gasteiger partial charge in [0, 0.05) is 5.75 Å². The van der Waals surface area contributed by atoms with E-state index in [-0.39, 0.29) is 5.75 Å². The minimum atomic E-state index is -1.58. The molecule has 9 nitrogen and oxygen atoms in total. The van der Waals surface area contributed by atoms with Crippen molar-refractivity contribution in [3.8, 4) is 0 Å². The minimum Gasteiger partial charge on any atom is -0.394 e. The second-order valence-corrected chi connectivity index (χ2v) is 6.21. The Morgan fingerprint density at radius 3 is 2.09 bits per heavy atom. The van der Waals surface area contributed by atoms with Crippen LogP contribution in [-0.4, -0.2) is 104 Å². The summed E-state index contributed by atoms with van der Waals surface area (Å²) in [6, 6.07) is 0. The van der Waals surface area contributed by atoms with E-state index >= 15 is 0 Å². The van der Waals surface area contributed by atoms with Gasteiger partial charge in [0.05, 0.1) is 18.8 Å². The van der Waals surface area contributed by atoms with Crippen LogP contribution in [0.4, 0.5) is 0 Å². The maximum Gasteiger partial charge on any atom is 0.187 e. The number of aliphatic hydroxyl groups excluding tert-OH is 6. The summed E-state index contributed by atoms with van der Waals surface area (Å²) < 4.78 is 16.2. The number of ether oxygens (including phenoxy) is 3. The van der Waals surface area contributed by atoms with E-state index in [2.05, 4.69) is 12.6 Å². The SMILES string of the molecule is C[C@@H]1OC(CO)[C@@H](O[C@@H]2OC(CS)[C@@H](O)[C@H](O)C2O)[C@H](O)C1O. The highest BCUT2D eigenvalue weighted by molar-refractivity contribution is 7.80. The zero-order valence-electron chi connectivity index (χ0n) is 12.5. The zero-order chi connectivity index (χ0) is 17.3. The van der Waals surface area contributed by atoms with E-state index < -0.39 is 67.8 Å². The van der Waals surface area contributed by atoms with Gasteiger partial charge in [0.2, 0.25) is 0 Å².